The molecule has 0 bridgehead atoms. The third-order valence-electron chi connectivity index (χ3n) is 8.33. The Bertz CT molecular complexity index is 2120. The zero-order valence-corrected chi connectivity index (χ0v) is 29.8. The summed E-state index contributed by atoms with van der Waals surface area (Å²) in [4.78, 5) is 9.10. The molecule has 4 aromatic carbocycles. The molecule has 0 saturated heterocycles. The summed E-state index contributed by atoms with van der Waals surface area (Å²) < 4.78 is 8.76. The van der Waals surface area contributed by atoms with Crippen molar-refractivity contribution in [2.75, 3.05) is 0 Å². The van der Waals surface area contributed by atoms with Crippen LogP contribution in [0, 0.1) is 12.1 Å². The number of rotatable bonds is 3. The Morgan fingerprint density at radius 2 is 1.44 bits per heavy atom. The van der Waals surface area contributed by atoms with Crippen molar-refractivity contribution in [3.8, 4) is 34.0 Å². The molecular weight excluding hydrogens is 765 g/mol. The number of ether oxygens (including phenoxy) is 1. The van der Waals surface area contributed by atoms with Crippen molar-refractivity contribution in [2.45, 2.75) is 32.9 Å². The SMILES string of the molecule is CC(C)c1ccnc(-c2[c-]ccc3c2sc2ccccc23)c1.C[Si]1(C)c2ccccc2Oc2cc[c-]c(-c3ccccn3)c21.[Ir]. The first-order valence-electron chi connectivity index (χ1n) is 14.9. The van der Waals surface area contributed by atoms with Gasteiger partial charge in [-0.15, -0.1) is 47.5 Å². The fraction of sp³-hybridized carbons (Fsp3) is 0.128. The monoisotopic (exact) mass is 797 g/mol. The van der Waals surface area contributed by atoms with E-state index in [-0.39, 0.29) is 20.1 Å². The van der Waals surface area contributed by atoms with Gasteiger partial charge < -0.3 is 14.7 Å². The second-order valence-corrected chi connectivity index (χ2v) is 17.2. The van der Waals surface area contributed by atoms with Crippen molar-refractivity contribution in [3.05, 3.63) is 133 Å². The van der Waals surface area contributed by atoms with Crippen LogP contribution in [0.3, 0.4) is 0 Å². The average molecular weight is 797 g/mol. The molecule has 0 saturated carbocycles. The van der Waals surface area contributed by atoms with E-state index in [1.807, 2.05) is 66.2 Å². The molecule has 1 aliphatic rings. The van der Waals surface area contributed by atoms with E-state index >= 15 is 0 Å². The first-order valence-corrected chi connectivity index (χ1v) is 18.8. The molecule has 0 fully saturated rings. The largest absolute Gasteiger partial charge is 0.477 e. The minimum Gasteiger partial charge on any atom is -0.477 e. The van der Waals surface area contributed by atoms with Crippen LogP contribution >= 0.6 is 11.3 Å². The van der Waals surface area contributed by atoms with Crippen LogP contribution in [0.15, 0.2) is 116 Å². The predicted molar refractivity (Wildman–Crippen MR) is 187 cm³/mol. The summed E-state index contributed by atoms with van der Waals surface area (Å²) in [5.74, 6) is 2.45. The Morgan fingerprint density at radius 1 is 0.711 bits per heavy atom. The van der Waals surface area contributed by atoms with Gasteiger partial charge in [0.1, 0.15) is 5.75 Å². The van der Waals surface area contributed by atoms with Crippen LogP contribution in [-0.2, 0) is 20.1 Å². The van der Waals surface area contributed by atoms with Gasteiger partial charge in [0.25, 0.3) is 0 Å². The molecule has 1 aliphatic heterocycles. The van der Waals surface area contributed by atoms with E-state index in [1.54, 1.807) is 0 Å². The van der Waals surface area contributed by atoms with Crippen molar-refractivity contribution < 1.29 is 24.8 Å². The van der Waals surface area contributed by atoms with Gasteiger partial charge in [0.05, 0.1) is 8.07 Å². The van der Waals surface area contributed by atoms with E-state index in [4.69, 9.17) is 4.74 Å². The average Bonchev–Trinajstić information content (AvgIpc) is 3.44. The van der Waals surface area contributed by atoms with Gasteiger partial charge in [0, 0.05) is 42.9 Å². The number of aromatic nitrogens is 2. The third-order valence-corrected chi connectivity index (χ3v) is 13.0. The predicted octanol–water partition coefficient (Wildman–Crippen LogP) is 9.51. The first kappa shape index (κ1) is 31.1. The summed E-state index contributed by atoms with van der Waals surface area (Å²) >= 11 is 1.83. The molecule has 1 radical (unpaired) electrons. The van der Waals surface area contributed by atoms with E-state index in [2.05, 4.69) is 110 Å². The van der Waals surface area contributed by atoms with Crippen molar-refractivity contribution in [3.63, 3.8) is 0 Å². The standard InChI is InChI=1S/C20H16NS.C19H16NOSi.Ir/c1-13(2)14-10-11-21-18(12-14)17-8-5-7-16-15-6-3-4-9-19(15)22-20(16)17;1-22(2)18-12-4-3-10-16(18)21-17-11-7-8-14(19(17)22)15-9-5-6-13-20-15;/h2*3-7,9-13H,1-2H3;/q2*-1;. The first-order chi connectivity index (χ1) is 21.4. The maximum absolute atomic E-state index is 6.16. The molecule has 0 atom stereocenters. The molecule has 0 N–H and O–H groups in total. The van der Waals surface area contributed by atoms with E-state index in [9.17, 15) is 0 Å². The fourth-order valence-electron chi connectivity index (χ4n) is 6.05. The quantitative estimate of drug-likeness (QED) is 0.132. The molecule has 7 aromatic rings. The summed E-state index contributed by atoms with van der Waals surface area (Å²) in [6, 6.07) is 42.1. The molecule has 0 amide bonds. The van der Waals surface area contributed by atoms with Gasteiger partial charge in [0.15, 0.2) is 0 Å². The number of hydrogen-bond acceptors (Lipinski definition) is 4. The molecule has 225 valence electrons. The molecule has 0 spiro atoms. The number of fused-ring (bicyclic) bond motifs is 5. The van der Waals surface area contributed by atoms with Crippen molar-refractivity contribution in [2.24, 2.45) is 0 Å². The van der Waals surface area contributed by atoms with Crippen LogP contribution in [0.2, 0.25) is 13.1 Å². The summed E-state index contributed by atoms with van der Waals surface area (Å²) in [7, 11) is -1.86. The molecule has 45 heavy (non-hydrogen) atoms. The molecule has 4 heterocycles. The normalized spacial score (nSPS) is 12.8. The van der Waals surface area contributed by atoms with Crippen LogP contribution in [0.1, 0.15) is 25.3 Å². The van der Waals surface area contributed by atoms with Crippen LogP contribution < -0.4 is 15.1 Å². The number of thiophene rings is 1. The van der Waals surface area contributed by atoms with Crippen molar-refractivity contribution in [1.29, 1.82) is 0 Å². The zero-order chi connectivity index (χ0) is 30.3. The van der Waals surface area contributed by atoms with Gasteiger partial charge in [0.2, 0.25) is 0 Å². The molecule has 3 aromatic heterocycles. The Balaban J connectivity index is 0.000000155. The van der Waals surface area contributed by atoms with Crippen LogP contribution in [0.5, 0.6) is 11.5 Å². The maximum Gasteiger partial charge on any atom is 0.123 e. The van der Waals surface area contributed by atoms with Gasteiger partial charge in [-0.05, 0) is 56.8 Å². The topological polar surface area (TPSA) is 35.0 Å². The summed E-state index contributed by atoms with van der Waals surface area (Å²) in [5.41, 5.74) is 5.48. The summed E-state index contributed by atoms with van der Waals surface area (Å²) in [6.45, 7) is 9.16. The number of hydrogen-bond donors (Lipinski definition) is 0. The molecule has 0 aliphatic carbocycles. The fourth-order valence-corrected chi connectivity index (χ4v) is 10.4. The third kappa shape index (κ3) is 5.80. The molecule has 8 rings (SSSR count). The molecule has 6 heteroatoms. The van der Waals surface area contributed by atoms with E-state index < -0.39 is 8.07 Å². The van der Waals surface area contributed by atoms with E-state index in [0.29, 0.717) is 5.92 Å². The van der Waals surface area contributed by atoms with Crippen molar-refractivity contribution >= 4 is 50.0 Å². The van der Waals surface area contributed by atoms with Gasteiger partial charge in [-0.2, -0.15) is 11.3 Å². The Morgan fingerprint density at radius 3 is 2.27 bits per heavy atom. The second-order valence-electron chi connectivity index (χ2n) is 11.9. The molecular formula is C39H32IrN2OSSi-2. The Kier molecular flexibility index (Phi) is 8.85. The maximum atomic E-state index is 6.16. The summed E-state index contributed by atoms with van der Waals surface area (Å²) in [5, 5.41) is 5.23. The Hall–Kier alpha value is -3.93. The minimum absolute atomic E-state index is 0. The van der Waals surface area contributed by atoms with Gasteiger partial charge in [-0.3, -0.25) is 0 Å². The van der Waals surface area contributed by atoms with Crippen molar-refractivity contribution in [1.82, 2.24) is 9.97 Å². The van der Waals surface area contributed by atoms with E-state index in [1.165, 1.54) is 36.1 Å². The van der Waals surface area contributed by atoms with Gasteiger partial charge in [-0.1, -0.05) is 97.7 Å². The molecule has 0 unspecified atom stereocenters. The van der Waals surface area contributed by atoms with Crippen LogP contribution in [-0.4, -0.2) is 18.0 Å². The van der Waals surface area contributed by atoms with Crippen LogP contribution in [0.4, 0.5) is 0 Å². The zero-order valence-electron chi connectivity index (χ0n) is 25.6. The number of benzene rings is 4. The van der Waals surface area contributed by atoms with Gasteiger partial charge in [-0.25, -0.2) is 0 Å². The van der Waals surface area contributed by atoms with Crippen LogP contribution in [0.25, 0.3) is 42.7 Å². The minimum atomic E-state index is -1.86. The molecule has 3 nitrogen and oxygen atoms in total. The number of pyridine rings is 2. The van der Waals surface area contributed by atoms with Gasteiger partial charge >= 0.3 is 0 Å². The number of nitrogens with zero attached hydrogens (tertiary/aromatic N) is 2. The Labute approximate surface area is 283 Å². The number of para-hydroxylation sites is 1. The smallest absolute Gasteiger partial charge is 0.123 e. The summed E-state index contributed by atoms with van der Waals surface area (Å²) in [6.07, 6.45) is 3.74. The second kappa shape index (κ2) is 12.8. The van der Waals surface area contributed by atoms with E-state index in [0.717, 1.165) is 34.0 Å².